The fourth-order valence-electron chi connectivity index (χ4n) is 1.52. The minimum absolute atomic E-state index is 1.01. The maximum atomic E-state index is 4.37. The van der Waals surface area contributed by atoms with E-state index < -0.39 is 0 Å². The van der Waals surface area contributed by atoms with Crippen molar-refractivity contribution in [3.63, 3.8) is 0 Å². The van der Waals surface area contributed by atoms with Gasteiger partial charge in [0.25, 0.3) is 0 Å². The van der Waals surface area contributed by atoms with Gasteiger partial charge in [0, 0.05) is 11.9 Å². The van der Waals surface area contributed by atoms with Crippen molar-refractivity contribution < 1.29 is 0 Å². The Bertz CT molecular complexity index is 278. The van der Waals surface area contributed by atoms with Gasteiger partial charge in [0.15, 0.2) is 0 Å². The lowest BCUT2D eigenvalue weighted by molar-refractivity contribution is 0.996. The molecule has 98 valence electrons. The molecular formula is C16H29N. The molecule has 0 radical (unpaired) electrons. The Balaban J connectivity index is 0. The molecule has 0 bridgehead atoms. The van der Waals surface area contributed by atoms with E-state index in [9.17, 15) is 0 Å². The fourth-order valence-corrected chi connectivity index (χ4v) is 1.52. The summed E-state index contributed by atoms with van der Waals surface area (Å²) in [6.07, 6.45) is 8.23. The Kier molecular flexibility index (Phi) is 13.9. The third kappa shape index (κ3) is 6.25. The van der Waals surface area contributed by atoms with Gasteiger partial charge in [0.2, 0.25) is 0 Å². The first kappa shape index (κ1) is 18.3. The number of aryl methyl sites for hydroxylation is 2. The standard InChI is InChI=1S/C12H17N.2C2H6/c1-4-7-11-10(5-2)8-9-13-12(11)6-3;2*1-2/h4,7-9H,5-6H2,1-3H3;2*1-2H3/b7-4-;;. The summed E-state index contributed by atoms with van der Waals surface area (Å²) in [7, 11) is 0. The predicted molar refractivity (Wildman–Crippen MR) is 80.4 cm³/mol. The quantitative estimate of drug-likeness (QED) is 0.693. The molecule has 0 aliphatic rings. The highest BCUT2D eigenvalue weighted by molar-refractivity contribution is 5.55. The normalized spacial score (nSPS) is 9.12. The SMILES string of the molecule is C/C=C\c1c(CC)ccnc1CC.CC.CC. The summed E-state index contributed by atoms with van der Waals surface area (Å²) < 4.78 is 0. The predicted octanol–water partition coefficient (Wildman–Crippen LogP) is 5.29. The summed E-state index contributed by atoms with van der Waals surface area (Å²) in [5.41, 5.74) is 3.91. The van der Waals surface area contributed by atoms with Gasteiger partial charge in [0.1, 0.15) is 0 Å². The molecule has 0 aromatic carbocycles. The maximum Gasteiger partial charge on any atom is 0.0475 e. The molecule has 0 saturated carbocycles. The lowest BCUT2D eigenvalue weighted by Crippen LogP contribution is -1.96. The van der Waals surface area contributed by atoms with Gasteiger partial charge in [-0.05, 0) is 37.0 Å². The molecule has 1 heterocycles. The van der Waals surface area contributed by atoms with Crippen molar-refractivity contribution in [2.75, 3.05) is 0 Å². The Morgan fingerprint density at radius 3 is 2.06 bits per heavy atom. The number of pyridine rings is 1. The molecular weight excluding hydrogens is 206 g/mol. The summed E-state index contributed by atoms with van der Waals surface area (Å²) in [6, 6.07) is 2.11. The molecule has 1 rings (SSSR count). The number of nitrogens with zero attached hydrogens (tertiary/aromatic N) is 1. The number of allylic oxidation sites excluding steroid dienone is 1. The van der Waals surface area contributed by atoms with Crippen LogP contribution in [-0.2, 0) is 12.8 Å². The van der Waals surface area contributed by atoms with E-state index >= 15 is 0 Å². The molecule has 0 spiro atoms. The molecule has 0 aliphatic heterocycles. The topological polar surface area (TPSA) is 12.9 Å². The summed E-state index contributed by atoms with van der Waals surface area (Å²) >= 11 is 0. The number of hydrogen-bond donors (Lipinski definition) is 0. The molecule has 17 heavy (non-hydrogen) atoms. The second-order valence-electron chi connectivity index (χ2n) is 3.04. The molecule has 0 saturated heterocycles. The number of aromatic nitrogens is 1. The van der Waals surface area contributed by atoms with Crippen LogP contribution in [0.15, 0.2) is 18.3 Å². The summed E-state index contributed by atoms with van der Waals surface area (Å²) in [6.45, 7) is 14.4. The van der Waals surface area contributed by atoms with E-state index in [1.807, 2.05) is 40.8 Å². The molecule has 0 aliphatic carbocycles. The monoisotopic (exact) mass is 235 g/mol. The lowest BCUT2D eigenvalue weighted by Gasteiger charge is -2.07. The largest absolute Gasteiger partial charge is 0.261 e. The van der Waals surface area contributed by atoms with Gasteiger partial charge in [-0.1, -0.05) is 53.7 Å². The minimum atomic E-state index is 1.01. The molecule has 0 unspecified atom stereocenters. The van der Waals surface area contributed by atoms with Crippen molar-refractivity contribution in [1.29, 1.82) is 0 Å². The van der Waals surface area contributed by atoms with Crippen LogP contribution in [0.25, 0.3) is 6.08 Å². The van der Waals surface area contributed by atoms with E-state index in [0.29, 0.717) is 0 Å². The van der Waals surface area contributed by atoms with Crippen molar-refractivity contribution in [2.24, 2.45) is 0 Å². The summed E-state index contributed by atoms with van der Waals surface area (Å²) in [4.78, 5) is 4.37. The highest BCUT2D eigenvalue weighted by atomic mass is 14.7. The zero-order chi connectivity index (χ0) is 13.7. The average Bonchev–Trinajstić information content (AvgIpc) is 2.44. The highest BCUT2D eigenvalue weighted by Gasteiger charge is 2.02. The van der Waals surface area contributed by atoms with Crippen molar-refractivity contribution in [3.8, 4) is 0 Å². The first-order chi connectivity index (χ1) is 8.33. The zero-order valence-electron chi connectivity index (χ0n) is 12.7. The van der Waals surface area contributed by atoms with Crippen LogP contribution < -0.4 is 0 Å². The maximum absolute atomic E-state index is 4.37. The van der Waals surface area contributed by atoms with Crippen molar-refractivity contribution in [2.45, 2.75) is 61.3 Å². The van der Waals surface area contributed by atoms with Gasteiger partial charge in [-0.2, -0.15) is 0 Å². The van der Waals surface area contributed by atoms with E-state index in [-0.39, 0.29) is 0 Å². The molecule has 1 heteroatoms. The Morgan fingerprint density at radius 2 is 1.65 bits per heavy atom. The highest BCUT2D eigenvalue weighted by Crippen LogP contribution is 2.15. The van der Waals surface area contributed by atoms with E-state index in [4.69, 9.17) is 0 Å². The third-order valence-electron chi connectivity index (χ3n) is 2.21. The van der Waals surface area contributed by atoms with Gasteiger partial charge < -0.3 is 0 Å². The smallest absolute Gasteiger partial charge is 0.0475 e. The molecule has 1 aromatic rings. The van der Waals surface area contributed by atoms with Crippen LogP contribution in [0.1, 0.15) is 65.3 Å². The Hall–Kier alpha value is -1.11. The first-order valence-corrected chi connectivity index (χ1v) is 6.92. The van der Waals surface area contributed by atoms with Crippen LogP contribution >= 0.6 is 0 Å². The third-order valence-corrected chi connectivity index (χ3v) is 2.21. The fraction of sp³-hybridized carbons (Fsp3) is 0.562. The van der Waals surface area contributed by atoms with Crippen LogP contribution in [0.2, 0.25) is 0 Å². The van der Waals surface area contributed by atoms with E-state index in [1.165, 1.54) is 16.8 Å². The Morgan fingerprint density at radius 1 is 1.06 bits per heavy atom. The van der Waals surface area contributed by atoms with Crippen molar-refractivity contribution in [1.82, 2.24) is 4.98 Å². The second kappa shape index (κ2) is 13.0. The van der Waals surface area contributed by atoms with E-state index in [1.54, 1.807) is 0 Å². The van der Waals surface area contributed by atoms with Gasteiger partial charge >= 0.3 is 0 Å². The van der Waals surface area contributed by atoms with Crippen molar-refractivity contribution >= 4 is 6.08 Å². The van der Waals surface area contributed by atoms with Gasteiger partial charge in [-0.15, -0.1) is 0 Å². The summed E-state index contributed by atoms with van der Waals surface area (Å²) in [5, 5.41) is 0. The molecule has 0 fully saturated rings. The lowest BCUT2D eigenvalue weighted by atomic mass is 10.0. The van der Waals surface area contributed by atoms with Crippen LogP contribution in [0.5, 0.6) is 0 Å². The van der Waals surface area contributed by atoms with Gasteiger partial charge in [0.05, 0.1) is 0 Å². The molecule has 0 N–H and O–H groups in total. The van der Waals surface area contributed by atoms with Gasteiger partial charge in [-0.3, -0.25) is 4.98 Å². The number of rotatable bonds is 3. The molecule has 1 nitrogen and oxygen atoms in total. The van der Waals surface area contributed by atoms with E-state index in [0.717, 1.165) is 12.8 Å². The summed E-state index contributed by atoms with van der Waals surface area (Å²) in [5.74, 6) is 0. The minimum Gasteiger partial charge on any atom is -0.261 e. The Labute approximate surface area is 108 Å². The second-order valence-corrected chi connectivity index (χ2v) is 3.04. The first-order valence-electron chi connectivity index (χ1n) is 6.92. The molecule has 0 amide bonds. The van der Waals surface area contributed by atoms with Crippen LogP contribution in [0.3, 0.4) is 0 Å². The van der Waals surface area contributed by atoms with Crippen LogP contribution in [-0.4, -0.2) is 4.98 Å². The van der Waals surface area contributed by atoms with Crippen LogP contribution in [0.4, 0.5) is 0 Å². The molecule has 1 aromatic heterocycles. The average molecular weight is 235 g/mol. The van der Waals surface area contributed by atoms with Crippen molar-refractivity contribution in [3.05, 3.63) is 35.2 Å². The zero-order valence-corrected chi connectivity index (χ0v) is 12.7. The molecule has 0 atom stereocenters. The van der Waals surface area contributed by atoms with Crippen LogP contribution in [0, 0.1) is 0 Å². The van der Waals surface area contributed by atoms with E-state index in [2.05, 4.69) is 37.0 Å². The van der Waals surface area contributed by atoms with Gasteiger partial charge in [-0.25, -0.2) is 0 Å². The number of hydrogen-bond acceptors (Lipinski definition) is 1.